The zero-order valence-corrected chi connectivity index (χ0v) is 14.2. The largest absolute Gasteiger partial charge is 0.307 e. The fourth-order valence-electron chi connectivity index (χ4n) is 2.02. The molecule has 2 rings (SSSR count). The number of hydrogen-bond acceptors (Lipinski definition) is 4. The normalized spacial score (nSPS) is 11.2. The van der Waals surface area contributed by atoms with Gasteiger partial charge in [-0.15, -0.1) is 6.42 Å². The minimum atomic E-state index is -3.67. The molecule has 0 saturated heterocycles. The van der Waals surface area contributed by atoms with E-state index in [1.54, 1.807) is 16.9 Å². The molecule has 0 aliphatic heterocycles. The quantitative estimate of drug-likeness (QED) is 0.778. The van der Waals surface area contributed by atoms with Crippen LogP contribution >= 0.6 is 0 Å². The van der Waals surface area contributed by atoms with Gasteiger partial charge in [-0.25, -0.2) is 13.1 Å². The van der Waals surface area contributed by atoms with E-state index in [4.69, 9.17) is 6.42 Å². The lowest BCUT2D eigenvalue weighted by atomic mass is 10.2. The predicted molar refractivity (Wildman–Crippen MR) is 91.0 cm³/mol. The van der Waals surface area contributed by atoms with Crippen LogP contribution in [0.2, 0.25) is 0 Å². The number of terminal acetylenes is 1. The molecule has 0 unspecified atom stereocenters. The van der Waals surface area contributed by atoms with Gasteiger partial charge in [0.05, 0.1) is 17.6 Å². The maximum atomic E-state index is 12.3. The van der Waals surface area contributed by atoms with Crippen LogP contribution in [0.3, 0.4) is 0 Å². The van der Waals surface area contributed by atoms with Crippen molar-refractivity contribution in [2.24, 2.45) is 0 Å². The number of amides is 1. The third kappa shape index (κ3) is 4.01. The van der Waals surface area contributed by atoms with Crippen molar-refractivity contribution in [1.82, 2.24) is 14.5 Å². The average molecular weight is 346 g/mol. The van der Waals surface area contributed by atoms with E-state index in [-0.39, 0.29) is 23.4 Å². The zero-order valence-electron chi connectivity index (χ0n) is 13.4. The topological polar surface area (TPSA) is 93.1 Å². The SMILES string of the molecule is C#CCNS(=O)(=O)c1ccc(C(=O)Nc2ccnn2C(C)C)cc1. The molecule has 0 atom stereocenters. The Morgan fingerprint density at radius 1 is 1.29 bits per heavy atom. The van der Waals surface area contributed by atoms with Gasteiger partial charge >= 0.3 is 0 Å². The van der Waals surface area contributed by atoms with Gasteiger partial charge in [0.1, 0.15) is 5.82 Å². The highest BCUT2D eigenvalue weighted by atomic mass is 32.2. The van der Waals surface area contributed by atoms with Crippen molar-refractivity contribution >= 4 is 21.7 Å². The molecule has 126 valence electrons. The first kappa shape index (κ1) is 17.7. The highest BCUT2D eigenvalue weighted by Gasteiger charge is 2.15. The molecule has 1 aromatic heterocycles. The smallest absolute Gasteiger partial charge is 0.256 e. The fraction of sp³-hybridized carbons (Fsp3) is 0.250. The lowest BCUT2D eigenvalue weighted by Crippen LogP contribution is -2.24. The molecule has 0 spiro atoms. The Balaban J connectivity index is 2.15. The van der Waals surface area contributed by atoms with Crippen LogP contribution in [0.15, 0.2) is 41.4 Å². The summed E-state index contributed by atoms with van der Waals surface area (Å²) in [6.07, 6.45) is 6.64. The van der Waals surface area contributed by atoms with Gasteiger partial charge in [0.15, 0.2) is 0 Å². The number of sulfonamides is 1. The molecule has 0 aliphatic rings. The van der Waals surface area contributed by atoms with Crippen molar-refractivity contribution in [3.63, 3.8) is 0 Å². The minimum absolute atomic E-state index is 0.0431. The molecule has 0 saturated carbocycles. The van der Waals surface area contributed by atoms with E-state index < -0.39 is 10.0 Å². The molecule has 0 bridgehead atoms. The van der Waals surface area contributed by atoms with E-state index in [1.165, 1.54) is 24.3 Å². The summed E-state index contributed by atoms with van der Waals surface area (Å²) in [5.41, 5.74) is 0.336. The van der Waals surface area contributed by atoms with Gasteiger partial charge in [0.2, 0.25) is 10.0 Å². The Morgan fingerprint density at radius 3 is 2.54 bits per heavy atom. The van der Waals surface area contributed by atoms with Gasteiger partial charge in [0, 0.05) is 17.7 Å². The molecule has 0 radical (unpaired) electrons. The lowest BCUT2D eigenvalue weighted by molar-refractivity contribution is 0.102. The van der Waals surface area contributed by atoms with Gasteiger partial charge in [-0.1, -0.05) is 5.92 Å². The van der Waals surface area contributed by atoms with Gasteiger partial charge in [-0.2, -0.15) is 9.82 Å². The van der Waals surface area contributed by atoms with Gasteiger partial charge < -0.3 is 5.32 Å². The van der Waals surface area contributed by atoms with E-state index in [0.29, 0.717) is 11.4 Å². The molecule has 2 N–H and O–H groups in total. The van der Waals surface area contributed by atoms with E-state index in [0.717, 1.165) is 0 Å². The van der Waals surface area contributed by atoms with Crippen molar-refractivity contribution in [3.8, 4) is 12.3 Å². The molecule has 24 heavy (non-hydrogen) atoms. The summed E-state index contributed by atoms with van der Waals surface area (Å²) in [6.45, 7) is 3.81. The van der Waals surface area contributed by atoms with Crippen molar-refractivity contribution in [1.29, 1.82) is 0 Å². The fourth-order valence-corrected chi connectivity index (χ4v) is 2.95. The number of nitrogens with zero attached hydrogens (tertiary/aromatic N) is 2. The minimum Gasteiger partial charge on any atom is -0.307 e. The van der Waals surface area contributed by atoms with Crippen molar-refractivity contribution < 1.29 is 13.2 Å². The van der Waals surface area contributed by atoms with E-state index in [9.17, 15) is 13.2 Å². The summed E-state index contributed by atoms with van der Waals surface area (Å²) in [5, 5.41) is 6.89. The van der Waals surface area contributed by atoms with E-state index in [2.05, 4.69) is 21.1 Å². The van der Waals surface area contributed by atoms with Crippen LogP contribution in [0.5, 0.6) is 0 Å². The monoisotopic (exact) mass is 346 g/mol. The van der Waals surface area contributed by atoms with Crippen molar-refractivity contribution in [2.45, 2.75) is 24.8 Å². The number of benzene rings is 1. The molecule has 0 fully saturated rings. The average Bonchev–Trinajstić information content (AvgIpc) is 3.01. The lowest BCUT2D eigenvalue weighted by Gasteiger charge is -2.12. The van der Waals surface area contributed by atoms with Crippen LogP contribution in [-0.2, 0) is 10.0 Å². The number of aromatic nitrogens is 2. The highest BCUT2D eigenvalue weighted by molar-refractivity contribution is 7.89. The maximum absolute atomic E-state index is 12.3. The van der Waals surface area contributed by atoms with Gasteiger partial charge in [-0.3, -0.25) is 4.79 Å². The Morgan fingerprint density at radius 2 is 1.96 bits per heavy atom. The third-order valence-electron chi connectivity index (χ3n) is 3.19. The number of anilines is 1. The Hall–Kier alpha value is -2.63. The number of hydrogen-bond donors (Lipinski definition) is 2. The molecular formula is C16H18N4O3S. The summed E-state index contributed by atoms with van der Waals surface area (Å²) in [4.78, 5) is 12.3. The predicted octanol–water partition coefficient (Wildman–Crippen LogP) is 1.63. The maximum Gasteiger partial charge on any atom is 0.256 e. The summed E-state index contributed by atoms with van der Waals surface area (Å²) in [6, 6.07) is 7.39. The van der Waals surface area contributed by atoms with Crippen LogP contribution in [0.25, 0.3) is 0 Å². The van der Waals surface area contributed by atoms with Crippen LogP contribution in [-0.4, -0.2) is 30.7 Å². The third-order valence-corrected chi connectivity index (χ3v) is 4.61. The summed E-state index contributed by atoms with van der Waals surface area (Å²) in [7, 11) is -3.67. The molecule has 8 heteroatoms. The van der Waals surface area contributed by atoms with Gasteiger partial charge in [0.25, 0.3) is 5.91 Å². The standard InChI is InChI=1S/C16H18N4O3S/c1-4-10-18-24(22,23)14-7-5-13(6-8-14)16(21)19-15-9-11-17-20(15)12(2)3/h1,5-9,11-12,18H,10H2,2-3H3,(H,19,21). The second-order valence-electron chi connectivity index (χ2n) is 5.26. The number of nitrogens with one attached hydrogen (secondary N) is 2. The van der Waals surface area contributed by atoms with Crippen LogP contribution in [0.1, 0.15) is 30.2 Å². The first-order valence-electron chi connectivity index (χ1n) is 7.23. The Labute approximate surface area is 141 Å². The van der Waals surface area contributed by atoms with E-state index >= 15 is 0 Å². The second-order valence-corrected chi connectivity index (χ2v) is 7.03. The molecular weight excluding hydrogens is 328 g/mol. The molecule has 1 amide bonds. The Bertz CT molecular complexity index is 861. The van der Waals surface area contributed by atoms with E-state index in [1.807, 2.05) is 13.8 Å². The zero-order chi connectivity index (χ0) is 17.7. The highest BCUT2D eigenvalue weighted by Crippen LogP contribution is 2.15. The Kier molecular flexibility index (Phi) is 5.39. The second kappa shape index (κ2) is 7.29. The summed E-state index contributed by atoms with van der Waals surface area (Å²) < 4.78 is 27.8. The number of carbonyl (C=O) groups excluding carboxylic acids is 1. The van der Waals surface area contributed by atoms with Crippen LogP contribution in [0, 0.1) is 12.3 Å². The molecule has 1 heterocycles. The molecule has 7 nitrogen and oxygen atoms in total. The van der Waals surface area contributed by atoms with Crippen LogP contribution < -0.4 is 10.0 Å². The number of rotatable bonds is 6. The molecule has 2 aromatic rings. The van der Waals surface area contributed by atoms with Crippen molar-refractivity contribution in [3.05, 3.63) is 42.1 Å². The summed E-state index contributed by atoms with van der Waals surface area (Å²) >= 11 is 0. The summed E-state index contributed by atoms with van der Waals surface area (Å²) in [5.74, 6) is 2.42. The van der Waals surface area contributed by atoms with Crippen LogP contribution in [0.4, 0.5) is 5.82 Å². The number of carbonyl (C=O) groups is 1. The first-order valence-corrected chi connectivity index (χ1v) is 8.71. The van der Waals surface area contributed by atoms with Crippen molar-refractivity contribution in [2.75, 3.05) is 11.9 Å². The first-order chi connectivity index (χ1) is 11.3. The molecule has 0 aliphatic carbocycles. The molecule has 1 aromatic carbocycles. The van der Waals surface area contributed by atoms with Gasteiger partial charge in [-0.05, 0) is 38.1 Å².